The van der Waals surface area contributed by atoms with Crippen molar-refractivity contribution in [3.63, 3.8) is 0 Å². The summed E-state index contributed by atoms with van der Waals surface area (Å²) in [5.41, 5.74) is 2.23. The zero-order valence-electron chi connectivity index (χ0n) is 15.6. The van der Waals surface area contributed by atoms with Gasteiger partial charge in [0.15, 0.2) is 10.6 Å². The predicted molar refractivity (Wildman–Crippen MR) is 110 cm³/mol. The van der Waals surface area contributed by atoms with Crippen molar-refractivity contribution >= 4 is 18.1 Å². The summed E-state index contributed by atoms with van der Waals surface area (Å²) in [6.45, 7) is 0.764. The van der Waals surface area contributed by atoms with Crippen LogP contribution >= 0.6 is 12.2 Å². The van der Waals surface area contributed by atoms with E-state index in [4.69, 9.17) is 17.0 Å². The van der Waals surface area contributed by atoms with E-state index in [1.54, 1.807) is 11.7 Å². The first kappa shape index (κ1) is 18.4. The van der Waals surface area contributed by atoms with Crippen molar-refractivity contribution in [2.45, 2.75) is 24.8 Å². The maximum Gasteiger partial charge on any atom is 0.240 e. The molecule has 4 rings (SSSR count). The fourth-order valence-corrected chi connectivity index (χ4v) is 3.60. The Labute approximate surface area is 168 Å². The van der Waals surface area contributed by atoms with Crippen molar-refractivity contribution in [3.05, 3.63) is 64.9 Å². The van der Waals surface area contributed by atoms with Gasteiger partial charge in [-0.05, 0) is 54.9 Å². The SMILES string of the molecule is COc1ccc(-c2n[nH]c(=S)n2CC(=O)NCC2(c3ccccc3)CC2)cc1. The summed E-state index contributed by atoms with van der Waals surface area (Å²) in [4.78, 5) is 12.6. The zero-order valence-corrected chi connectivity index (χ0v) is 16.5. The van der Waals surface area contributed by atoms with Gasteiger partial charge in [-0.1, -0.05) is 30.3 Å². The van der Waals surface area contributed by atoms with Crippen LogP contribution in [0.1, 0.15) is 18.4 Å². The molecule has 28 heavy (non-hydrogen) atoms. The third-order valence-electron chi connectivity index (χ3n) is 5.27. The maximum atomic E-state index is 12.6. The van der Waals surface area contributed by atoms with Gasteiger partial charge in [-0.2, -0.15) is 5.10 Å². The van der Waals surface area contributed by atoms with Gasteiger partial charge in [-0.3, -0.25) is 14.5 Å². The van der Waals surface area contributed by atoms with Crippen molar-refractivity contribution in [3.8, 4) is 17.1 Å². The molecule has 1 aromatic heterocycles. The van der Waals surface area contributed by atoms with Crippen molar-refractivity contribution in [1.82, 2.24) is 20.1 Å². The Morgan fingerprint density at radius 2 is 1.93 bits per heavy atom. The number of ether oxygens (including phenoxy) is 1. The number of carbonyl (C=O) groups excluding carboxylic acids is 1. The minimum Gasteiger partial charge on any atom is -0.497 e. The molecule has 2 aromatic carbocycles. The molecule has 3 aromatic rings. The van der Waals surface area contributed by atoms with E-state index in [1.807, 2.05) is 42.5 Å². The molecule has 0 atom stereocenters. The molecule has 7 heteroatoms. The molecule has 0 radical (unpaired) electrons. The summed E-state index contributed by atoms with van der Waals surface area (Å²) < 4.78 is 7.33. The van der Waals surface area contributed by atoms with Crippen LogP contribution in [-0.2, 0) is 16.8 Å². The van der Waals surface area contributed by atoms with Gasteiger partial charge in [0.2, 0.25) is 5.91 Å². The van der Waals surface area contributed by atoms with Crippen LogP contribution in [0.4, 0.5) is 0 Å². The number of H-pyrrole nitrogens is 1. The van der Waals surface area contributed by atoms with Crippen LogP contribution < -0.4 is 10.1 Å². The number of hydrogen-bond donors (Lipinski definition) is 2. The van der Waals surface area contributed by atoms with Gasteiger partial charge >= 0.3 is 0 Å². The zero-order chi connectivity index (χ0) is 19.6. The topological polar surface area (TPSA) is 71.9 Å². The third kappa shape index (κ3) is 3.71. The number of hydrogen-bond acceptors (Lipinski definition) is 4. The van der Waals surface area contributed by atoms with Crippen molar-refractivity contribution in [2.24, 2.45) is 0 Å². The number of amides is 1. The Morgan fingerprint density at radius 3 is 2.57 bits per heavy atom. The molecule has 1 aliphatic carbocycles. The lowest BCUT2D eigenvalue weighted by Gasteiger charge is -2.17. The summed E-state index contributed by atoms with van der Waals surface area (Å²) >= 11 is 5.33. The fraction of sp³-hybridized carbons (Fsp3) is 0.286. The molecule has 1 aliphatic rings. The lowest BCUT2D eigenvalue weighted by atomic mass is 9.96. The monoisotopic (exact) mass is 394 g/mol. The van der Waals surface area contributed by atoms with Crippen LogP contribution in [0, 0.1) is 4.77 Å². The van der Waals surface area contributed by atoms with Gasteiger partial charge in [0.05, 0.1) is 7.11 Å². The summed E-state index contributed by atoms with van der Waals surface area (Å²) in [6.07, 6.45) is 2.19. The van der Waals surface area contributed by atoms with E-state index < -0.39 is 0 Å². The molecule has 144 valence electrons. The minimum atomic E-state index is -0.0746. The Morgan fingerprint density at radius 1 is 1.21 bits per heavy atom. The van der Waals surface area contributed by atoms with E-state index in [-0.39, 0.29) is 17.9 Å². The molecule has 0 unspecified atom stereocenters. The standard InChI is InChI=1S/C21H22N4O2S/c1-27-17-9-7-15(8-10-17)19-23-24-20(28)25(19)13-18(26)22-14-21(11-12-21)16-5-3-2-4-6-16/h2-10H,11-14H2,1H3,(H,22,26)(H,24,28). The number of nitrogens with zero attached hydrogens (tertiary/aromatic N) is 2. The maximum absolute atomic E-state index is 12.6. The number of methoxy groups -OCH3 is 1. The lowest BCUT2D eigenvalue weighted by Crippen LogP contribution is -2.34. The summed E-state index contributed by atoms with van der Waals surface area (Å²) in [5, 5.41) is 10.2. The molecular weight excluding hydrogens is 372 g/mol. The molecule has 2 N–H and O–H groups in total. The number of aromatic nitrogens is 3. The van der Waals surface area contributed by atoms with Crippen LogP contribution in [-0.4, -0.2) is 34.3 Å². The van der Waals surface area contributed by atoms with Crippen LogP contribution in [0.2, 0.25) is 0 Å². The van der Waals surface area contributed by atoms with E-state index in [0.717, 1.165) is 24.2 Å². The molecule has 0 saturated heterocycles. The van der Waals surface area contributed by atoms with E-state index in [1.165, 1.54) is 5.56 Å². The van der Waals surface area contributed by atoms with Gasteiger partial charge in [0.1, 0.15) is 12.3 Å². The first-order valence-corrected chi connectivity index (χ1v) is 9.64. The first-order chi connectivity index (χ1) is 13.6. The molecule has 0 bridgehead atoms. The summed E-state index contributed by atoms with van der Waals surface area (Å²) in [6, 6.07) is 17.9. The third-order valence-corrected chi connectivity index (χ3v) is 5.58. The van der Waals surface area contributed by atoms with E-state index in [9.17, 15) is 4.79 Å². The number of rotatable bonds is 7. The molecule has 0 aliphatic heterocycles. The fourth-order valence-electron chi connectivity index (χ4n) is 3.40. The minimum absolute atomic E-state index is 0.0746. The Kier molecular flexibility index (Phi) is 5.00. The second-order valence-electron chi connectivity index (χ2n) is 7.09. The van der Waals surface area contributed by atoms with E-state index in [0.29, 0.717) is 17.1 Å². The Hall–Kier alpha value is -2.93. The van der Waals surface area contributed by atoms with Gasteiger partial charge in [0, 0.05) is 17.5 Å². The Balaban J connectivity index is 1.45. The highest BCUT2D eigenvalue weighted by atomic mass is 32.1. The first-order valence-electron chi connectivity index (χ1n) is 9.23. The van der Waals surface area contributed by atoms with Crippen molar-refractivity contribution in [1.29, 1.82) is 0 Å². The second-order valence-corrected chi connectivity index (χ2v) is 7.48. The normalized spacial score (nSPS) is 14.5. The number of aromatic amines is 1. The smallest absolute Gasteiger partial charge is 0.240 e. The highest BCUT2D eigenvalue weighted by Crippen LogP contribution is 2.47. The van der Waals surface area contributed by atoms with Crippen LogP contribution in [0.5, 0.6) is 5.75 Å². The summed E-state index contributed by atoms with van der Waals surface area (Å²) in [7, 11) is 1.62. The Bertz CT molecular complexity index is 1020. The van der Waals surface area contributed by atoms with Crippen molar-refractivity contribution < 1.29 is 9.53 Å². The van der Waals surface area contributed by atoms with Crippen LogP contribution in [0.25, 0.3) is 11.4 Å². The lowest BCUT2D eigenvalue weighted by molar-refractivity contribution is -0.121. The van der Waals surface area contributed by atoms with Crippen LogP contribution in [0.3, 0.4) is 0 Å². The molecule has 0 spiro atoms. The largest absolute Gasteiger partial charge is 0.497 e. The van der Waals surface area contributed by atoms with Crippen molar-refractivity contribution in [2.75, 3.05) is 13.7 Å². The van der Waals surface area contributed by atoms with Crippen LogP contribution in [0.15, 0.2) is 54.6 Å². The molecule has 1 heterocycles. The summed E-state index contributed by atoms with van der Waals surface area (Å²) in [5.74, 6) is 1.32. The molecule has 1 amide bonds. The predicted octanol–water partition coefficient (Wildman–Crippen LogP) is 3.46. The van der Waals surface area contributed by atoms with Gasteiger partial charge in [-0.15, -0.1) is 0 Å². The molecular formula is C21H22N4O2S. The highest BCUT2D eigenvalue weighted by molar-refractivity contribution is 7.71. The van der Waals surface area contributed by atoms with Gasteiger partial charge in [0.25, 0.3) is 0 Å². The van der Waals surface area contributed by atoms with E-state index in [2.05, 4.69) is 27.6 Å². The number of nitrogens with one attached hydrogen (secondary N) is 2. The number of benzene rings is 2. The second kappa shape index (κ2) is 7.59. The highest BCUT2D eigenvalue weighted by Gasteiger charge is 2.44. The van der Waals surface area contributed by atoms with Gasteiger partial charge < -0.3 is 10.1 Å². The molecule has 1 fully saturated rings. The molecule has 1 saturated carbocycles. The quantitative estimate of drug-likeness (QED) is 0.602. The van der Waals surface area contributed by atoms with Gasteiger partial charge in [-0.25, -0.2) is 0 Å². The molecule has 6 nitrogen and oxygen atoms in total. The average Bonchev–Trinajstić information content (AvgIpc) is 3.46. The average molecular weight is 395 g/mol. The van der Waals surface area contributed by atoms with E-state index >= 15 is 0 Å². The number of carbonyl (C=O) groups is 1.